The Morgan fingerprint density at radius 3 is 2.61 bits per heavy atom. The molecule has 2 aromatic carbocycles. The molecular weight excluding hydrogens is 378 g/mol. The van der Waals surface area contributed by atoms with Crippen LogP contribution in [0.2, 0.25) is 5.02 Å². The number of carbonyl (C=O) groups excluding carboxylic acids is 1. The van der Waals surface area contributed by atoms with Gasteiger partial charge in [-0.1, -0.05) is 29.8 Å². The van der Waals surface area contributed by atoms with Crippen LogP contribution in [-0.4, -0.2) is 21.6 Å². The van der Waals surface area contributed by atoms with E-state index >= 15 is 0 Å². The molecule has 6 nitrogen and oxygen atoms in total. The van der Waals surface area contributed by atoms with Crippen LogP contribution in [0.5, 0.6) is 0 Å². The maximum atomic E-state index is 12.5. The predicted molar refractivity (Wildman–Crippen MR) is 106 cm³/mol. The van der Waals surface area contributed by atoms with Crippen LogP contribution < -0.4 is 5.32 Å². The summed E-state index contributed by atoms with van der Waals surface area (Å²) in [5.41, 5.74) is 1.57. The number of rotatable bonds is 5. The zero-order chi connectivity index (χ0) is 20.1. The quantitative estimate of drug-likeness (QED) is 0.498. The number of aromatic carboxylic acids is 1. The number of halogens is 1. The second-order valence-electron chi connectivity index (χ2n) is 5.76. The number of aromatic nitrogens is 1. The van der Waals surface area contributed by atoms with E-state index in [1.54, 1.807) is 59.3 Å². The van der Waals surface area contributed by atoms with Crippen LogP contribution >= 0.6 is 11.6 Å². The van der Waals surface area contributed by atoms with Crippen LogP contribution in [0.25, 0.3) is 11.8 Å². The monoisotopic (exact) mass is 391 g/mol. The van der Waals surface area contributed by atoms with E-state index in [-0.39, 0.29) is 11.1 Å². The first-order valence-corrected chi connectivity index (χ1v) is 8.56. The number of hydrogen-bond donors (Lipinski definition) is 2. The minimum Gasteiger partial charge on any atom is -0.478 e. The molecule has 0 aliphatic carbocycles. The van der Waals surface area contributed by atoms with Crippen LogP contribution in [0, 0.1) is 11.3 Å². The summed E-state index contributed by atoms with van der Waals surface area (Å²) in [5, 5.41) is 21.6. The van der Waals surface area contributed by atoms with Crippen LogP contribution in [0.4, 0.5) is 5.69 Å². The average molecular weight is 392 g/mol. The van der Waals surface area contributed by atoms with Crippen molar-refractivity contribution in [2.75, 3.05) is 5.32 Å². The second kappa shape index (κ2) is 8.25. The number of benzene rings is 2. The molecule has 0 saturated carbocycles. The predicted octanol–water partition coefficient (Wildman–Crippen LogP) is 4.37. The number of nitriles is 1. The fraction of sp³-hybridized carbons (Fsp3) is 0. The number of nitrogens with zero attached hydrogens (tertiary/aromatic N) is 2. The molecule has 0 aliphatic heterocycles. The largest absolute Gasteiger partial charge is 0.478 e. The first-order chi connectivity index (χ1) is 13.5. The maximum Gasteiger partial charge on any atom is 0.335 e. The van der Waals surface area contributed by atoms with Gasteiger partial charge in [-0.2, -0.15) is 5.26 Å². The first-order valence-electron chi connectivity index (χ1n) is 8.18. The van der Waals surface area contributed by atoms with Gasteiger partial charge >= 0.3 is 5.97 Å². The molecule has 0 aliphatic rings. The minimum absolute atomic E-state index is 0.116. The number of carboxylic acid groups (broad SMARTS) is 1. The Balaban J connectivity index is 1.93. The number of carbonyl (C=O) groups is 2. The maximum absolute atomic E-state index is 12.5. The van der Waals surface area contributed by atoms with Crippen LogP contribution in [0.3, 0.4) is 0 Å². The van der Waals surface area contributed by atoms with Crippen LogP contribution in [-0.2, 0) is 4.79 Å². The van der Waals surface area contributed by atoms with Gasteiger partial charge in [0, 0.05) is 17.6 Å². The van der Waals surface area contributed by atoms with E-state index in [1.165, 1.54) is 18.2 Å². The third kappa shape index (κ3) is 4.11. The number of hydrogen-bond acceptors (Lipinski definition) is 3. The summed E-state index contributed by atoms with van der Waals surface area (Å²) in [7, 11) is 0. The fourth-order valence-electron chi connectivity index (χ4n) is 2.58. The number of nitrogens with one attached hydrogen (secondary N) is 1. The van der Waals surface area contributed by atoms with Crippen molar-refractivity contribution in [1.82, 2.24) is 4.57 Å². The Hall–Kier alpha value is -3.82. The van der Waals surface area contributed by atoms with Crippen molar-refractivity contribution in [3.05, 3.63) is 88.7 Å². The molecule has 0 atom stereocenters. The second-order valence-corrected chi connectivity index (χ2v) is 6.17. The first kappa shape index (κ1) is 19.0. The lowest BCUT2D eigenvalue weighted by Crippen LogP contribution is -2.14. The Labute approximate surface area is 165 Å². The van der Waals surface area contributed by atoms with Gasteiger partial charge < -0.3 is 15.0 Å². The van der Waals surface area contributed by atoms with E-state index in [2.05, 4.69) is 5.32 Å². The highest BCUT2D eigenvalue weighted by atomic mass is 35.5. The Morgan fingerprint density at radius 1 is 1.11 bits per heavy atom. The molecule has 7 heteroatoms. The number of anilines is 1. The van der Waals surface area contributed by atoms with Crippen molar-refractivity contribution < 1.29 is 14.7 Å². The molecule has 1 amide bonds. The van der Waals surface area contributed by atoms with Gasteiger partial charge in [-0.3, -0.25) is 4.79 Å². The molecule has 0 saturated heterocycles. The standard InChI is InChI=1S/C21H14ClN3O3/c22-18-8-1-2-9-19(18)24-20(26)15(13-23)12-17-7-4-10-25(17)16-6-3-5-14(11-16)21(27)28/h1-12H,(H,24,26)(H,27,28)/b15-12-. The molecule has 28 heavy (non-hydrogen) atoms. The Kier molecular flexibility index (Phi) is 5.58. The molecule has 0 spiro atoms. The van der Waals surface area contributed by atoms with Gasteiger partial charge in [0.2, 0.25) is 0 Å². The summed E-state index contributed by atoms with van der Waals surface area (Å²) in [5.74, 6) is -1.63. The lowest BCUT2D eigenvalue weighted by molar-refractivity contribution is -0.112. The Morgan fingerprint density at radius 2 is 1.89 bits per heavy atom. The van der Waals surface area contributed by atoms with Crippen LogP contribution in [0.1, 0.15) is 16.1 Å². The van der Waals surface area contributed by atoms with E-state index in [4.69, 9.17) is 16.7 Å². The molecule has 0 bridgehead atoms. The number of para-hydroxylation sites is 1. The van der Waals surface area contributed by atoms with Gasteiger partial charge in [-0.25, -0.2) is 4.79 Å². The molecule has 3 rings (SSSR count). The summed E-state index contributed by atoms with van der Waals surface area (Å²) < 4.78 is 1.69. The van der Waals surface area contributed by atoms with E-state index in [9.17, 15) is 14.9 Å². The van der Waals surface area contributed by atoms with Crippen molar-refractivity contribution >= 4 is 35.2 Å². The van der Waals surface area contributed by atoms with Crippen molar-refractivity contribution in [2.24, 2.45) is 0 Å². The zero-order valence-corrected chi connectivity index (χ0v) is 15.2. The van der Waals surface area contributed by atoms with Gasteiger partial charge in [0.25, 0.3) is 5.91 Å². The van der Waals surface area contributed by atoms with Gasteiger partial charge in [0.05, 0.1) is 16.3 Å². The highest BCUT2D eigenvalue weighted by Crippen LogP contribution is 2.22. The highest BCUT2D eigenvalue weighted by Gasteiger charge is 2.13. The number of carboxylic acids is 1. The summed E-state index contributed by atoms with van der Waals surface area (Å²) >= 11 is 6.04. The zero-order valence-electron chi connectivity index (χ0n) is 14.5. The minimum atomic E-state index is -1.04. The summed E-state index contributed by atoms with van der Waals surface area (Å²) in [6, 6.07) is 18.4. The van der Waals surface area contributed by atoms with Gasteiger partial charge in [0.1, 0.15) is 11.6 Å². The van der Waals surface area contributed by atoms with Crippen molar-refractivity contribution in [2.45, 2.75) is 0 Å². The molecule has 0 unspecified atom stereocenters. The van der Waals surface area contributed by atoms with Crippen molar-refractivity contribution in [3.63, 3.8) is 0 Å². The molecular formula is C21H14ClN3O3. The molecule has 3 aromatic rings. The van der Waals surface area contributed by atoms with Crippen molar-refractivity contribution in [3.8, 4) is 11.8 Å². The molecule has 0 radical (unpaired) electrons. The molecule has 1 aromatic heterocycles. The molecule has 0 fully saturated rings. The van der Waals surface area contributed by atoms with E-state index < -0.39 is 11.9 Å². The Bertz CT molecular complexity index is 1130. The topological polar surface area (TPSA) is 95.1 Å². The molecule has 138 valence electrons. The summed E-state index contributed by atoms with van der Waals surface area (Å²) in [6.07, 6.45) is 3.15. The lowest BCUT2D eigenvalue weighted by Gasteiger charge is -2.09. The number of amides is 1. The summed E-state index contributed by atoms with van der Waals surface area (Å²) in [4.78, 5) is 23.7. The van der Waals surface area contributed by atoms with Crippen LogP contribution in [0.15, 0.2) is 72.4 Å². The fourth-order valence-corrected chi connectivity index (χ4v) is 2.77. The third-order valence-electron chi connectivity index (χ3n) is 3.93. The summed E-state index contributed by atoms with van der Waals surface area (Å²) in [6.45, 7) is 0. The smallest absolute Gasteiger partial charge is 0.335 e. The SMILES string of the molecule is N#C/C(=C/c1cccn1-c1cccc(C(=O)O)c1)C(=O)Nc1ccccc1Cl. The molecule has 1 heterocycles. The average Bonchev–Trinajstić information content (AvgIpc) is 3.16. The lowest BCUT2D eigenvalue weighted by atomic mass is 10.2. The van der Waals surface area contributed by atoms with E-state index in [0.29, 0.717) is 22.1 Å². The van der Waals surface area contributed by atoms with Gasteiger partial charge in [-0.15, -0.1) is 0 Å². The third-order valence-corrected chi connectivity index (χ3v) is 4.26. The van der Waals surface area contributed by atoms with Gasteiger partial charge in [0.15, 0.2) is 0 Å². The highest BCUT2D eigenvalue weighted by molar-refractivity contribution is 6.34. The van der Waals surface area contributed by atoms with Crippen molar-refractivity contribution in [1.29, 1.82) is 5.26 Å². The normalized spacial score (nSPS) is 10.9. The molecule has 2 N–H and O–H groups in total. The van der Waals surface area contributed by atoms with E-state index in [1.807, 2.05) is 6.07 Å². The van der Waals surface area contributed by atoms with Gasteiger partial charge in [-0.05, 0) is 48.5 Å². The van der Waals surface area contributed by atoms with E-state index in [0.717, 1.165) is 0 Å².